The molecule has 0 aromatic rings. The predicted octanol–water partition coefficient (Wildman–Crippen LogP) is 2.01. The summed E-state index contributed by atoms with van der Waals surface area (Å²) in [6.45, 7) is 0.765. The molecule has 4 aliphatic carbocycles. The molecule has 16 heavy (non-hydrogen) atoms. The maximum Gasteiger partial charge on any atom is 0.303 e. The number of carboxylic acids is 1. The second kappa shape index (κ2) is 3.22. The van der Waals surface area contributed by atoms with Crippen molar-refractivity contribution in [1.29, 1.82) is 0 Å². The van der Waals surface area contributed by atoms with Crippen LogP contribution in [0.25, 0.3) is 0 Å². The van der Waals surface area contributed by atoms with Gasteiger partial charge in [-0.1, -0.05) is 0 Å². The average molecular weight is 223 g/mol. The van der Waals surface area contributed by atoms with Gasteiger partial charge in [-0.15, -0.1) is 0 Å². The molecular formula is C13H21NO2. The van der Waals surface area contributed by atoms with Crippen molar-refractivity contribution in [3.05, 3.63) is 0 Å². The molecule has 3 N–H and O–H groups in total. The number of aliphatic carboxylic acids is 1. The molecule has 0 aromatic heterocycles. The molecular weight excluding hydrogens is 202 g/mol. The van der Waals surface area contributed by atoms with Crippen molar-refractivity contribution < 1.29 is 9.90 Å². The molecule has 0 radical (unpaired) electrons. The van der Waals surface area contributed by atoms with Crippen LogP contribution in [0.15, 0.2) is 0 Å². The van der Waals surface area contributed by atoms with Gasteiger partial charge in [0, 0.05) is 0 Å². The number of hydrogen-bond acceptors (Lipinski definition) is 2. The summed E-state index contributed by atoms with van der Waals surface area (Å²) in [7, 11) is 0. The zero-order valence-corrected chi connectivity index (χ0v) is 9.74. The van der Waals surface area contributed by atoms with E-state index in [1.54, 1.807) is 0 Å². The average Bonchev–Trinajstić information content (AvgIpc) is 2.13. The smallest absolute Gasteiger partial charge is 0.303 e. The van der Waals surface area contributed by atoms with E-state index < -0.39 is 5.97 Å². The minimum atomic E-state index is -0.617. The van der Waals surface area contributed by atoms with Crippen LogP contribution in [0.5, 0.6) is 0 Å². The predicted molar refractivity (Wildman–Crippen MR) is 60.9 cm³/mol. The molecule has 90 valence electrons. The zero-order chi connectivity index (χ0) is 11.4. The minimum absolute atomic E-state index is 0.106. The standard InChI is InChI=1S/C13H21NO2/c14-8-13-4-9-1-10(5-13)3-12(2-9,7-13)6-11(15)16/h9-10H,1-8,14H2,(H,15,16)/t9-,10-,12?,13?/m1/s1. The number of carboxylic acid groups (broad SMARTS) is 1. The van der Waals surface area contributed by atoms with Crippen LogP contribution < -0.4 is 5.73 Å². The molecule has 0 aromatic carbocycles. The summed E-state index contributed by atoms with van der Waals surface area (Å²) < 4.78 is 0. The Morgan fingerprint density at radius 3 is 2.25 bits per heavy atom. The molecule has 4 fully saturated rings. The van der Waals surface area contributed by atoms with Crippen molar-refractivity contribution in [3.8, 4) is 0 Å². The van der Waals surface area contributed by atoms with E-state index in [9.17, 15) is 4.79 Å². The van der Waals surface area contributed by atoms with Crippen molar-refractivity contribution in [2.24, 2.45) is 28.4 Å². The number of carbonyl (C=O) groups is 1. The van der Waals surface area contributed by atoms with E-state index in [-0.39, 0.29) is 5.41 Å². The second-order valence-corrected chi connectivity index (χ2v) is 6.74. The van der Waals surface area contributed by atoms with Crippen molar-refractivity contribution in [1.82, 2.24) is 0 Å². The highest BCUT2D eigenvalue weighted by Crippen LogP contribution is 2.65. The largest absolute Gasteiger partial charge is 0.481 e. The van der Waals surface area contributed by atoms with E-state index in [1.165, 1.54) is 19.3 Å². The Hall–Kier alpha value is -0.570. The molecule has 0 unspecified atom stereocenters. The summed E-state index contributed by atoms with van der Waals surface area (Å²) in [5.41, 5.74) is 6.38. The zero-order valence-electron chi connectivity index (χ0n) is 9.74. The molecule has 4 aliphatic rings. The first-order valence-corrected chi connectivity index (χ1v) is 6.47. The Labute approximate surface area is 96.4 Å². The van der Waals surface area contributed by atoms with E-state index in [1.807, 2.05) is 0 Å². The summed E-state index contributed by atoms with van der Waals surface area (Å²) in [5.74, 6) is 0.919. The summed E-state index contributed by atoms with van der Waals surface area (Å²) in [4.78, 5) is 11.0. The summed E-state index contributed by atoms with van der Waals surface area (Å²) in [6, 6.07) is 0. The summed E-state index contributed by atoms with van der Waals surface area (Å²) in [6.07, 6.45) is 7.62. The van der Waals surface area contributed by atoms with E-state index >= 15 is 0 Å². The third kappa shape index (κ3) is 1.48. The van der Waals surface area contributed by atoms with Crippen molar-refractivity contribution in [2.75, 3.05) is 6.54 Å². The lowest BCUT2D eigenvalue weighted by molar-refractivity contribution is -0.151. The van der Waals surface area contributed by atoms with Crippen LogP contribution in [0.4, 0.5) is 0 Å². The molecule has 2 atom stereocenters. The van der Waals surface area contributed by atoms with Gasteiger partial charge in [-0.05, 0) is 67.7 Å². The molecule has 0 amide bonds. The van der Waals surface area contributed by atoms with E-state index in [0.717, 1.165) is 37.6 Å². The van der Waals surface area contributed by atoms with Gasteiger partial charge in [0.2, 0.25) is 0 Å². The third-order valence-corrected chi connectivity index (χ3v) is 5.26. The Morgan fingerprint density at radius 1 is 1.19 bits per heavy atom. The molecule has 4 rings (SSSR count). The molecule has 3 heteroatoms. The second-order valence-electron chi connectivity index (χ2n) is 6.74. The Balaban J connectivity index is 1.89. The maximum atomic E-state index is 11.0. The fourth-order valence-electron chi connectivity index (χ4n) is 5.42. The minimum Gasteiger partial charge on any atom is -0.481 e. The lowest BCUT2D eigenvalue weighted by atomic mass is 9.43. The Morgan fingerprint density at radius 2 is 1.75 bits per heavy atom. The fraction of sp³-hybridized carbons (Fsp3) is 0.923. The molecule has 0 spiro atoms. The van der Waals surface area contributed by atoms with Crippen LogP contribution in [0, 0.1) is 22.7 Å². The highest BCUT2D eigenvalue weighted by Gasteiger charge is 2.57. The van der Waals surface area contributed by atoms with Gasteiger partial charge in [0.15, 0.2) is 0 Å². The molecule has 0 aliphatic heterocycles. The maximum absolute atomic E-state index is 11.0. The van der Waals surface area contributed by atoms with Crippen LogP contribution in [0.1, 0.15) is 44.9 Å². The quantitative estimate of drug-likeness (QED) is 0.769. The highest BCUT2D eigenvalue weighted by atomic mass is 16.4. The first-order valence-electron chi connectivity index (χ1n) is 6.47. The SMILES string of the molecule is NCC12C[C@@H]3C[C@@H](C1)CC(CC(=O)O)(C3)C2. The van der Waals surface area contributed by atoms with Crippen LogP contribution in [-0.4, -0.2) is 17.6 Å². The summed E-state index contributed by atoms with van der Waals surface area (Å²) in [5, 5.41) is 9.10. The monoisotopic (exact) mass is 223 g/mol. The van der Waals surface area contributed by atoms with Crippen molar-refractivity contribution in [2.45, 2.75) is 44.9 Å². The van der Waals surface area contributed by atoms with Gasteiger partial charge in [-0.25, -0.2) is 0 Å². The number of rotatable bonds is 3. The molecule has 0 heterocycles. The van der Waals surface area contributed by atoms with Crippen molar-refractivity contribution >= 4 is 5.97 Å². The molecule has 3 nitrogen and oxygen atoms in total. The van der Waals surface area contributed by atoms with Crippen LogP contribution >= 0.6 is 0 Å². The van der Waals surface area contributed by atoms with Gasteiger partial charge in [0.1, 0.15) is 0 Å². The molecule has 4 saturated carbocycles. The Bertz CT molecular complexity index is 312. The van der Waals surface area contributed by atoms with E-state index in [2.05, 4.69) is 0 Å². The van der Waals surface area contributed by atoms with Gasteiger partial charge in [-0.2, -0.15) is 0 Å². The normalized spacial score (nSPS) is 49.6. The Kier molecular flexibility index (Phi) is 2.13. The van der Waals surface area contributed by atoms with E-state index in [0.29, 0.717) is 11.8 Å². The van der Waals surface area contributed by atoms with Gasteiger partial charge < -0.3 is 10.8 Å². The van der Waals surface area contributed by atoms with Crippen LogP contribution in [-0.2, 0) is 4.79 Å². The third-order valence-electron chi connectivity index (χ3n) is 5.26. The first kappa shape index (κ1) is 10.6. The number of nitrogens with two attached hydrogens (primary N) is 1. The van der Waals surface area contributed by atoms with Gasteiger partial charge in [0.05, 0.1) is 6.42 Å². The lowest BCUT2D eigenvalue weighted by Gasteiger charge is -2.62. The highest BCUT2D eigenvalue weighted by molar-refractivity contribution is 5.67. The van der Waals surface area contributed by atoms with Crippen LogP contribution in [0.2, 0.25) is 0 Å². The van der Waals surface area contributed by atoms with Gasteiger partial charge in [-0.3, -0.25) is 4.79 Å². The van der Waals surface area contributed by atoms with Gasteiger partial charge >= 0.3 is 5.97 Å². The van der Waals surface area contributed by atoms with Crippen molar-refractivity contribution in [3.63, 3.8) is 0 Å². The van der Waals surface area contributed by atoms with Gasteiger partial charge in [0.25, 0.3) is 0 Å². The molecule has 0 saturated heterocycles. The fourth-order valence-corrected chi connectivity index (χ4v) is 5.42. The van der Waals surface area contributed by atoms with E-state index in [4.69, 9.17) is 10.8 Å². The molecule has 4 bridgehead atoms. The number of hydrogen-bond donors (Lipinski definition) is 2. The van der Waals surface area contributed by atoms with Crippen LogP contribution in [0.3, 0.4) is 0 Å². The first-order chi connectivity index (χ1) is 7.55. The lowest BCUT2D eigenvalue weighted by Crippen LogP contribution is -2.55. The topological polar surface area (TPSA) is 63.3 Å². The summed E-state index contributed by atoms with van der Waals surface area (Å²) >= 11 is 0.